The number of nitrogens with zero attached hydrogens (tertiary/aromatic N) is 1. The van der Waals surface area contributed by atoms with E-state index in [2.05, 4.69) is 15.6 Å². The summed E-state index contributed by atoms with van der Waals surface area (Å²) < 4.78 is 0. The first-order valence-corrected chi connectivity index (χ1v) is 8.19. The van der Waals surface area contributed by atoms with Crippen LogP contribution in [0, 0.1) is 0 Å². The fourth-order valence-electron chi connectivity index (χ4n) is 2.64. The summed E-state index contributed by atoms with van der Waals surface area (Å²) in [5.74, 6) is 0. The minimum absolute atomic E-state index is 0.0555. The van der Waals surface area contributed by atoms with Gasteiger partial charge in [0.25, 0.3) is 0 Å². The molecule has 1 aliphatic rings. The Hall–Kier alpha value is -1.59. The molecule has 0 radical (unpaired) electrons. The zero-order valence-electron chi connectivity index (χ0n) is 11.6. The summed E-state index contributed by atoms with van der Waals surface area (Å²) in [6, 6.07) is 5.65. The number of benzene rings is 1. The Morgan fingerprint density at radius 3 is 3.14 bits per heavy atom. The summed E-state index contributed by atoms with van der Waals surface area (Å²) in [5, 5.41) is 8.64. The van der Waals surface area contributed by atoms with Gasteiger partial charge >= 0.3 is 6.03 Å². The largest absolute Gasteiger partial charge is 0.331 e. The number of thiazole rings is 1. The molecule has 1 aliphatic carbocycles. The summed E-state index contributed by atoms with van der Waals surface area (Å²) in [6.07, 6.45) is 1.86. The Labute approximate surface area is 132 Å². The van der Waals surface area contributed by atoms with E-state index in [-0.39, 0.29) is 18.1 Å². The Morgan fingerprint density at radius 1 is 1.52 bits per heavy atom. The number of nitrogens with one attached hydrogen (secondary N) is 2. The highest BCUT2D eigenvalue weighted by molar-refractivity contribution is 7.07. The fourth-order valence-corrected chi connectivity index (χ4v) is 3.48. The molecule has 0 saturated heterocycles. The van der Waals surface area contributed by atoms with Crippen LogP contribution in [0.3, 0.4) is 0 Å². The van der Waals surface area contributed by atoms with Gasteiger partial charge < -0.3 is 10.6 Å². The number of carbonyl (C=O) groups excluding carboxylic acids is 1. The first-order valence-electron chi connectivity index (χ1n) is 6.87. The number of amides is 2. The molecule has 2 aromatic rings. The number of hydrogen-bond acceptors (Lipinski definition) is 3. The molecule has 1 heterocycles. The standard InChI is InChI=1S/C15H16ClN3OS/c1-9(14-7-21-8-17-14)18-15(20)19-13-5-2-10-6-11(16)3-4-12(10)13/h3-4,6-9,13H,2,5H2,1H3,(H2,18,19,20)/t9?,13-/m1/s1. The SMILES string of the molecule is CC(NC(=O)N[C@@H]1CCc2cc(Cl)ccc21)c1cscn1. The van der Waals surface area contributed by atoms with E-state index >= 15 is 0 Å². The van der Waals surface area contributed by atoms with Crippen molar-refractivity contribution in [3.63, 3.8) is 0 Å². The van der Waals surface area contributed by atoms with Gasteiger partial charge in [-0.2, -0.15) is 0 Å². The van der Waals surface area contributed by atoms with Crippen LogP contribution in [-0.2, 0) is 6.42 Å². The molecule has 0 fully saturated rings. The third kappa shape index (κ3) is 3.19. The third-order valence-corrected chi connectivity index (χ3v) is 4.57. The van der Waals surface area contributed by atoms with Crippen molar-refractivity contribution >= 4 is 29.0 Å². The predicted octanol–water partition coefficient (Wildman–Crippen LogP) is 3.84. The molecule has 2 N–H and O–H groups in total. The van der Waals surface area contributed by atoms with Crippen LogP contribution in [0.15, 0.2) is 29.1 Å². The second-order valence-electron chi connectivity index (χ2n) is 5.19. The number of carbonyl (C=O) groups is 1. The highest BCUT2D eigenvalue weighted by atomic mass is 35.5. The Bertz CT molecular complexity index is 644. The molecule has 2 amide bonds. The average molecular weight is 322 g/mol. The van der Waals surface area contributed by atoms with Gasteiger partial charge in [0, 0.05) is 10.4 Å². The van der Waals surface area contributed by atoms with Gasteiger partial charge in [-0.1, -0.05) is 17.7 Å². The minimum atomic E-state index is -0.164. The number of urea groups is 1. The van der Waals surface area contributed by atoms with Crippen LogP contribution >= 0.6 is 22.9 Å². The molecule has 4 nitrogen and oxygen atoms in total. The van der Waals surface area contributed by atoms with E-state index in [1.807, 2.05) is 30.5 Å². The molecular weight excluding hydrogens is 306 g/mol. The lowest BCUT2D eigenvalue weighted by Crippen LogP contribution is -2.38. The first-order chi connectivity index (χ1) is 10.1. The van der Waals surface area contributed by atoms with Gasteiger partial charge in [-0.25, -0.2) is 9.78 Å². The van der Waals surface area contributed by atoms with Crippen LogP contribution < -0.4 is 10.6 Å². The fraction of sp³-hybridized carbons (Fsp3) is 0.333. The second-order valence-corrected chi connectivity index (χ2v) is 6.34. The van der Waals surface area contributed by atoms with Crippen LogP contribution in [0.5, 0.6) is 0 Å². The lowest BCUT2D eigenvalue weighted by Gasteiger charge is -2.17. The lowest BCUT2D eigenvalue weighted by molar-refractivity contribution is 0.234. The smallest absolute Gasteiger partial charge is 0.315 e. The number of aryl methyl sites for hydroxylation is 1. The number of rotatable bonds is 3. The molecule has 1 unspecified atom stereocenters. The summed E-state index contributed by atoms with van der Waals surface area (Å²) in [7, 11) is 0. The van der Waals surface area contributed by atoms with Gasteiger partial charge in [-0.3, -0.25) is 0 Å². The van der Waals surface area contributed by atoms with E-state index < -0.39 is 0 Å². The van der Waals surface area contributed by atoms with Gasteiger partial charge in [-0.05, 0) is 43.0 Å². The van der Waals surface area contributed by atoms with E-state index in [0.29, 0.717) is 0 Å². The van der Waals surface area contributed by atoms with E-state index in [1.54, 1.807) is 5.51 Å². The van der Waals surface area contributed by atoms with Crippen molar-refractivity contribution in [3.05, 3.63) is 50.9 Å². The molecule has 1 aromatic heterocycles. The Balaban J connectivity index is 1.62. The average Bonchev–Trinajstić information content (AvgIpc) is 3.08. The number of hydrogen-bond donors (Lipinski definition) is 2. The summed E-state index contributed by atoms with van der Waals surface area (Å²) >= 11 is 7.52. The monoisotopic (exact) mass is 321 g/mol. The number of fused-ring (bicyclic) bond motifs is 1. The van der Waals surface area contributed by atoms with Gasteiger partial charge in [0.2, 0.25) is 0 Å². The summed E-state index contributed by atoms with van der Waals surface area (Å²) in [4.78, 5) is 16.3. The molecule has 110 valence electrons. The maximum Gasteiger partial charge on any atom is 0.315 e. The molecule has 0 aliphatic heterocycles. The van der Waals surface area contributed by atoms with Gasteiger partial charge in [-0.15, -0.1) is 11.3 Å². The number of aromatic nitrogens is 1. The van der Waals surface area contributed by atoms with E-state index in [1.165, 1.54) is 16.9 Å². The Morgan fingerprint density at radius 2 is 2.38 bits per heavy atom. The van der Waals surface area contributed by atoms with Crippen molar-refractivity contribution in [2.75, 3.05) is 0 Å². The van der Waals surface area contributed by atoms with Crippen LogP contribution in [0.4, 0.5) is 4.79 Å². The zero-order chi connectivity index (χ0) is 14.8. The van der Waals surface area contributed by atoms with Crippen molar-refractivity contribution in [3.8, 4) is 0 Å². The topological polar surface area (TPSA) is 54.0 Å². The first kappa shape index (κ1) is 14.4. The van der Waals surface area contributed by atoms with Gasteiger partial charge in [0.05, 0.1) is 23.3 Å². The molecular formula is C15H16ClN3OS. The molecule has 0 spiro atoms. The van der Waals surface area contributed by atoms with Crippen LogP contribution in [0.2, 0.25) is 5.02 Å². The second kappa shape index (κ2) is 6.03. The molecule has 3 rings (SSSR count). The van der Waals surface area contributed by atoms with Gasteiger partial charge in [0.1, 0.15) is 0 Å². The van der Waals surface area contributed by atoms with E-state index in [4.69, 9.17) is 11.6 Å². The molecule has 1 aromatic carbocycles. The summed E-state index contributed by atoms with van der Waals surface area (Å²) in [6.45, 7) is 1.93. The maximum atomic E-state index is 12.1. The van der Waals surface area contributed by atoms with Crippen molar-refractivity contribution in [1.82, 2.24) is 15.6 Å². The van der Waals surface area contributed by atoms with E-state index in [9.17, 15) is 4.79 Å². The highest BCUT2D eigenvalue weighted by Crippen LogP contribution is 2.32. The normalized spacial score (nSPS) is 18.1. The van der Waals surface area contributed by atoms with Crippen LogP contribution in [0.1, 0.15) is 42.2 Å². The maximum absolute atomic E-state index is 12.1. The van der Waals surface area contributed by atoms with Gasteiger partial charge in [0.15, 0.2) is 0 Å². The predicted molar refractivity (Wildman–Crippen MR) is 84.7 cm³/mol. The van der Waals surface area contributed by atoms with Crippen molar-refractivity contribution in [2.45, 2.75) is 31.8 Å². The molecule has 2 atom stereocenters. The van der Waals surface area contributed by atoms with Crippen LogP contribution in [-0.4, -0.2) is 11.0 Å². The Kier molecular flexibility index (Phi) is 4.12. The minimum Gasteiger partial charge on any atom is -0.331 e. The van der Waals surface area contributed by atoms with Crippen LogP contribution in [0.25, 0.3) is 0 Å². The highest BCUT2D eigenvalue weighted by Gasteiger charge is 2.24. The molecule has 0 saturated carbocycles. The molecule has 6 heteroatoms. The quantitative estimate of drug-likeness (QED) is 0.902. The third-order valence-electron chi connectivity index (χ3n) is 3.73. The van der Waals surface area contributed by atoms with Crippen molar-refractivity contribution in [2.24, 2.45) is 0 Å². The summed E-state index contributed by atoms with van der Waals surface area (Å²) in [5.41, 5.74) is 5.03. The lowest BCUT2D eigenvalue weighted by atomic mass is 10.1. The van der Waals surface area contributed by atoms with E-state index in [0.717, 1.165) is 29.1 Å². The zero-order valence-corrected chi connectivity index (χ0v) is 13.2. The number of halogens is 1. The van der Waals surface area contributed by atoms with Crippen molar-refractivity contribution in [1.29, 1.82) is 0 Å². The molecule has 21 heavy (non-hydrogen) atoms. The molecule has 0 bridgehead atoms. The van der Waals surface area contributed by atoms with Crippen molar-refractivity contribution < 1.29 is 4.79 Å².